The highest BCUT2D eigenvalue weighted by molar-refractivity contribution is 6.33. The van der Waals surface area contributed by atoms with Crippen molar-refractivity contribution in [2.24, 2.45) is 0 Å². The molecule has 0 saturated carbocycles. The lowest BCUT2D eigenvalue weighted by molar-refractivity contribution is -0.127. The molecule has 0 bridgehead atoms. The Labute approximate surface area is 163 Å². The molecule has 0 spiro atoms. The van der Waals surface area contributed by atoms with Crippen LogP contribution in [0.4, 0.5) is 0 Å². The van der Waals surface area contributed by atoms with Crippen molar-refractivity contribution in [2.75, 3.05) is 19.6 Å². The van der Waals surface area contributed by atoms with Gasteiger partial charge in [0.05, 0.1) is 29.3 Å². The van der Waals surface area contributed by atoms with Crippen molar-refractivity contribution in [1.29, 1.82) is 0 Å². The van der Waals surface area contributed by atoms with Crippen LogP contribution in [0.25, 0.3) is 0 Å². The van der Waals surface area contributed by atoms with Crippen LogP contribution in [0.2, 0.25) is 5.02 Å². The van der Waals surface area contributed by atoms with Gasteiger partial charge in [-0.3, -0.25) is 25.3 Å². The average molecular weight is 388 g/mol. The number of benzene rings is 2. The third kappa shape index (κ3) is 5.29. The van der Waals surface area contributed by atoms with E-state index in [4.69, 9.17) is 16.3 Å². The van der Waals surface area contributed by atoms with Gasteiger partial charge in [0.25, 0.3) is 11.8 Å². The smallest absolute Gasteiger partial charge is 0.271 e. The molecule has 1 heterocycles. The maximum Gasteiger partial charge on any atom is 0.271 e. The molecule has 7 heteroatoms. The summed E-state index contributed by atoms with van der Waals surface area (Å²) in [5.74, 6) is -0.747. The number of nitrogens with zero attached hydrogens (tertiary/aromatic N) is 1. The number of ether oxygens (including phenoxy) is 1. The largest absolute Gasteiger partial charge is 0.368 e. The molecule has 2 amide bonds. The molecule has 1 fully saturated rings. The van der Waals surface area contributed by atoms with Crippen LogP contribution in [0, 0.1) is 0 Å². The second kappa shape index (κ2) is 8.99. The summed E-state index contributed by atoms with van der Waals surface area (Å²) in [5, 5.41) is 0.331. The zero-order chi connectivity index (χ0) is 19.2. The summed E-state index contributed by atoms with van der Waals surface area (Å²) in [5.41, 5.74) is 6.24. The minimum Gasteiger partial charge on any atom is -0.368 e. The third-order valence-electron chi connectivity index (χ3n) is 4.31. The molecule has 0 radical (unpaired) electrons. The summed E-state index contributed by atoms with van der Waals surface area (Å²) in [4.78, 5) is 26.4. The molecule has 2 aromatic carbocycles. The van der Waals surface area contributed by atoms with Gasteiger partial charge in [0.2, 0.25) is 0 Å². The molecule has 142 valence electrons. The zero-order valence-electron chi connectivity index (χ0n) is 15.0. The normalized spacial score (nSPS) is 20.1. The Hall–Kier alpha value is -2.41. The maximum absolute atomic E-state index is 12.2. The number of rotatable bonds is 4. The van der Waals surface area contributed by atoms with Crippen molar-refractivity contribution in [3.63, 3.8) is 0 Å². The number of hydrogen-bond donors (Lipinski definition) is 2. The van der Waals surface area contributed by atoms with Gasteiger partial charge in [0.15, 0.2) is 0 Å². The fourth-order valence-corrected chi connectivity index (χ4v) is 3.32. The zero-order valence-corrected chi connectivity index (χ0v) is 15.8. The van der Waals surface area contributed by atoms with Crippen LogP contribution >= 0.6 is 11.6 Å². The summed E-state index contributed by atoms with van der Waals surface area (Å²) in [6.07, 6.45) is -0.0741. The first kappa shape index (κ1) is 19.4. The van der Waals surface area contributed by atoms with E-state index in [9.17, 15) is 9.59 Å². The van der Waals surface area contributed by atoms with E-state index in [1.165, 1.54) is 0 Å². The predicted octanol–water partition coefficient (Wildman–Crippen LogP) is 2.56. The van der Waals surface area contributed by atoms with Gasteiger partial charge in [-0.2, -0.15) is 0 Å². The molecule has 2 unspecified atom stereocenters. The fraction of sp³-hybridized carbons (Fsp3) is 0.300. The van der Waals surface area contributed by atoms with Crippen molar-refractivity contribution < 1.29 is 14.3 Å². The molecule has 1 aliphatic heterocycles. The second-order valence-corrected chi connectivity index (χ2v) is 6.93. The number of carbonyl (C=O) groups is 2. The molecular weight excluding hydrogens is 366 g/mol. The molecule has 27 heavy (non-hydrogen) atoms. The van der Waals surface area contributed by atoms with Gasteiger partial charge in [0.1, 0.15) is 0 Å². The first-order valence-corrected chi connectivity index (χ1v) is 9.17. The van der Waals surface area contributed by atoms with E-state index >= 15 is 0 Å². The van der Waals surface area contributed by atoms with Crippen molar-refractivity contribution >= 4 is 23.4 Å². The highest BCUT2D eigenvalue weighted by atomic mass is 35.5. The first-order valence-electron chi connectivity index (χ1n) is 8.79. The summed E-state index contributed by atoms with van der Waals surface area (Å²) in [6, 6.07) is 16.6. The Bertz CT molecular complexity index is 800. The number of halogens is 1. The van der Waals surface area contributed by atoms with Gasteiger partial charge in [0, 0.05) is 13.1 Å². The van der Waals surface area contributed by atoms with Gasteiger partial charge < -0.3 is 4.74 Å². The topological polar surface area (TPSA) is 70.7 Å². The molecule has 2 N–H and O–H groups in total. The Balaban J connectivity index is 1.52. The number of hydrazine groups is 1. The lowest BCUT2D eigenvalue weighted by Crippen LogP contribution is -2.50. The maximum atomic E-state index is 12.2. The van der Waals surface area contributed by atoms with E-state index in [1.54, 1.807) is 24.3 Å². The average Bonchev–Trinajstić information content (AvgIpc) is 2.67. The van der Waals surface area contributed by atoms with Crippen LogP contribution in [0.3, 0.4) is 0 Å². The fourth-order valence-electron chi connectivity index (χ4n) is 3.10. The first-order chi connectivity index (χ1) is 13.0. The van der Waals surface area contributed by atoms with E-state index < -0.39 is 5.91 Å². The SMILES string of the molecule is CC1CN(CC(=O)NNC(=O)c2ccccc2Cl)CC(c2ccccc2)O1. The number of hydrogen-bond acceptors (Lipinski definition) is 4. The molecule has 3 rings (SSSR count). The molecule has 1 aliphatic rings. The number of nitrogens with one attached hydrogen (secondary N) is 2. The minimum atomic E-state index is -0.452. The molecule has 2 aromatic rings. The van der Waals surface area contributed by atoms with Crippen LogP contribution in [0.15, 0.2) is 54.6 Å². The summed E-state index contributed by atoms with van der Waals surface area (Å²) >= 11 is 5.98. The monoisotopic (exact) mass is 387 g/mol. The molecule has 1 saturated heterocycles. The molecule has 2 atom stereocenters. The van der Waals surface area contributed by atoms with Crippen LogP contribution in [0.5, 0.6) is 0 Å². The third-order valence-corrected chi connectivity index (χ3v) is 4.64. The van der Waals surface area contributed by atoms with Crippen molar-refractivity contribution in [2.45, 2.75) is 19.1 Å². The van der Waals surface area contributed by atoms with E-state index in [0.717, 1.165) is 5.56 Å². The summed E-state index contributed by atoms with van der Waals surface area (Å²) in [7, 11) is 0. The predicted molar refractivity (Wildman–Crippen MR) is 103 cm³/mol. The van der Waals surface area contributed by atoms with Crippen LogP contribution < -0.4 is 10.9 Å². The van der Waals surface area contributed by atoms with Gasteiger partial charge in [-0.25, -0.2) is 0 Å². The molecule has 0 aromatic heterocycles. The Morgan fingerprint density at radius 1 is 1.07 bits per heavy atom. The van der Waals surface area contributed by atoms with Gasteiger partial charge in [-0.1, -0.05) is 54.1 Å². The van der Waals surface area contributed by atoms with Crippen molar-refractivity contribution in [3.05, 3.63) is 70.7 Å². The Morgan fingerprint density at radius 3 is 2.52 bits per heavy atom. The lowest BCUT2D eigenvalue weighted by atomic mass is 10.1. The van der Waals surface area contributed by atoms with E-state index in [2.05, 4.69) is 10.9 Å². The minimum absolute atomic E-state index is 0.00877. The quantitative estimate of drug-likeness (QED) is 0.791. The van der Waals surface area contributed by atoms with Crippen LogP contribution in [-0.2, 0) is 9.53 Å². The van der Waals surface area contributed by atoms with Crippen molar-refractivity contribution in [1.82, 2.24) is 15.8 Å². The Morgan fingerprint density at radius 2 is 1.78 bits per heavy atom. The van der Waals surface area contributed by atoms with Gasteiger partial charge in [-0.05, 0) is 24.6 Å². The van der Waals surface area contributed by atoms with Gasteiger partial charge in [-0.15, -0.1) is 0 Å². The highest BCUT2D eigenvalue weighted by Gasteiger charge is 2.27. The van der Waals surface area contributed by atoms with E-state index in [0.29, 0.717) is 23.7 Å². The number of morpholine rings is 1. The summed E-state index contributed by atoms with van der Waals surface area (Å²) < 4.78 is 6.00. The number of carbonyl (C=O) groups excluding carboxylic acids is 2. The molecule has 0 aliphatic carbocycles. The van der Waals surface area contributed by atoms with Crippen molar-refractivity contribution in [3.8, 4) is 0 Å². The van der Waals surface area contributed by atoms with Gasteiger partial charge >= 0.3 is 0 Å². The van der Waals surface area contributed by atoms with Crippen LogP contribution in [0.1, 0.15) is 28.9 Å². The lowest BCUT2D eigenvalue weighted by Gasteiger charge is -2.36. The van der Waals surface area contributed by atoms with E-state index in [1.807, 2.05) is 42.2 Å². The standard InChI is InChI=1S/C20H22ClN3O3/c1-14-11-24(12-18(27-14)15-7-3-2-4-8-15)13-19(25)22-23-20(26)16-9-5-6-10-17(16)21/h2-10,14,18H,11-13H2,1H3,(H,22,25)(H,23,26). The molecule has 6 nitrogen and oxygen atoms in total. The highest BCUT2D eigenvalue weighted by Crippen LogP contribution is 2.24. The number of amides is 2. The molecular formula is C20H22ClN3O3. The van der Waals surface area contributed by atoms with Crippen LogP contribution in [-0.4, -0.2) is 42.5 Å². The van der Waals surface area contributed by atoms with E-state index in [-0.39, 0.29) is 24.7 Å². The Kier molecular flexibility index (Phi) is 6.45. The summed E-state index contributed by atoms with van der Waals surface area (Å²) in [6.45, 7) is 3.41. The second-order valence-electron chi connectivity index (χ2n) is 6.52.